The fourth-order valence-corrected chi connectivity index (χ4v) is 2.56. The van der Waals surface area contributed by atoms with E-state index < -0.39 is 17.7 Å². The van der Waals surface area contributed by atoms with Crippen LogP contribution in [0.15, 0.2) is 40.9 Å². The Hall–Kier alpha value is -1.62. The third-order valence-corrected chi connectivity index (χ3v) is 3.66. The molecule has 2 aromatic rings. The molecule has 3 rings (SSSR count). The third-order valence-electron chi connectivity index (χ3n) is 3.03. The lowest BCUT2D eigenvalue weighted by atomic mass is 10.1. The molecule has 1 N–H and O–H groups in total. The van der Waals surface area contributed by atoms with Crippen LogP contribution in [0, 0.1) is 11.6 Å². The molecule has 1 heterocycles. The maximum atomic E-state index is 13.8. The van der Waals surface area contributed by atoms with E-state index in [1.54, 1.807) is 0 Å². The molecule has 5 heteroatoms. The molecule has 1 atom stereocenters. The van der Waals surface area contributed by atoms with Crippen LogP contribution in [-0.2, 0) is 0 Å². The van der Waals surface area contributed by atoms with Crippen molar-refractivity contribution in [2.75, 3.05) is 11.9 Å². The van der Waals surface area contributed by atoms with E-state index in [0.717, 1.165) is 16.2 Å². The van der Waals surface area contributed by atoms with Gasteiger partial charge in [0.15, 0.2) is 17.4 Å². The highest BCUT2D eigenvalue weighted by atomic mass is 79.9. The monoisotopic (exact) mass is 325 g/mol. The van der Waals surface area contributed by atoms with Crippen LogP contribution in [0.25, 0.3) is 0 Å². The molecule has 19 heavy (non-hydrogen) atoms. The van der Waals surface area contributed by atoms with E-state index in [9.17, 15) is 8.78 Å². The topological polar surface area (TPSA) is 21.3 Å². The van der Waals surface area contributed by atoms with E-state index in [0.29, 0.717) is 12.3 Å². The molecular formula is C14H10BrF2NO. The average Bonchev–Trinajstić information content (AvgIpc) is 2.42. The number of para-hydroxylation sites is 1. The zero-order valence-electron chi connectivity index (χ0n) is 9.79. The predicted molar refractivity (Wildman–Crippen MR) is 72.4 cm³/mol. The first-order chi connectivity index (χ1) is 9.16. The lowest BCUT2D eigenvalue weighted by Crippen LogP contribution is -2.24. The number of benzene rings is 2. The van der Waals surface area contributed by atoms with Crippen LogP contribution in [0.1, 0.15) is 11.7 Å². The summed E-state index contributed by atoms with van der Waals surface area (Å²) in [6.07, 6.45) is -0.554. The third kappa shape index (κ3) is 2.18. The van der Waals surface area contributed by atoms with Gasteiger partial charge in [-0.05, 0) is 34.1 Å². The van der Waals surface area contributed by atoms with Crippen LogP contribution in [-0.4, -0.2) is 6.54 Å². The molecule has 0 spiro atoms. The molecule has 0 fully saturated rings. The molecule has 0 saturated heterocycles. The second-order valence-corrected chi connectivity index (χ2v) is 5.10. The first-order valence-electron chi connectivity index (χ1n) is 5.80. The van der Waals surface area contributed by atoms with Crippen molar-refractivity contribution in [2.24, 2.45) is 0 Å². The number of rotatable bonds is 1. The van der Waals surface area contributed by atoms with Gasteiger partial charge in [-0.3, -0.25) is 0 Å². The summed E-state index contributed by atoms with van der Waals surface area (Å²) >= 11 is 3.38. The van der Waals surface area contributed by atoms with Crippen LogP contribution in [0.4, 0.5) is 14.5 Å². The molecule has 98 valence electrons. The highest BCUT2D eigenvalue weighted by Gasteiger charge is 2.25. The Labute approximate surface area is 117 Å². The van der Waals surface area contributed by atoms with Crippen molar-refractivity contribution < 1.29 is 13.5 Å². The van der Waals surface area contributed by atoms with Crippen molar-refractivity contribution >= 4 is 21.6 Å². The summed E-state index contributed by atoms with van der Waals surface area (Å²) in [6, 6.07) is 9.70. The molecule has 0 amide bonds. The van der Waals surface area contributed by atoms with Gasteiger partial charge in [-0.25, -0.2) is 8.78 Å². The lowest BCUT2D eigenvalue weighted by molar-refractivity contribution is 0.202. The minimum Gasteiger partial charge on any atom is -0.480 e. The zero-order chi connectivity index (χ0) is 13.4. The highest BCUT2D eigenvalue weighted by Crippen LogP contribution is 2.40. The van der Waals surface area contributed by atoms with Gasteiger partial charge in [0.05, 0.1) is 16.7 Å². The molecule has 0 aliphatic carbocycles. The highest BCUT2D eigenvalue weighted by molar-refractivity contribution is 9.10. The minimum atomic E-state index is -0.862. The lowest BCUT2D eigenvalue weighted by Gasteiger charge is -2.28. The van der Waals surface area contributed by atoms with Crippen LogP contribution >= 0.6 is 15.9 Å². The zero-order valence-corrected chi connectivity index (χ0v) is 11.4. The average molecular weight is 326 g/mol. The first kappa shape index (κ1) is 12.4. The molecule has 2 aromatic carbocycles. The second kappa shape index (κ2) is 4.81. The number of halogens is 3. The van der Waals surface area contributed by atoms with Crippen LogP contribution < -0.4 is 10.1 Å². The van der Waals surface area contributed by atoms with Crippen LogP contribution in [0.5, 0.6) is 5.75 Å². The summed E-state index contributed by atoms with van der Waals surface area (Å²) in [5.41, 5.74) is 1.05. The van der Waals surface area contributed by atoms with E-state index in [1.165, 1.54) is 12.1 Å². The van der Waals surface area contributed by atoms with Gasteiger partial charge in [0.1, 0.15) is 6.10 Å². The summed E-state index contributed by atoms with van der Waals surface area (Å²) in [7, 11) is 0. The fraction of sp³-hybridized carbons (Fsp3) is 0.143. The normalized spacial score (nSPS) is 17.3. The van der Waals surface area contributed by atoms with Gasteiger partial charge in [0.25, 0.3) is 0 Å². The van der Waals surface area contributed by atoms with Crippen LogP contribution in [0.2, 0.25) is 0 Å². The van der Waals surface area contributed by atoms with Gasteiger partial charge in [0, 0.05) is 5.56 Å². The van der Waals surface area contributed by atoms with E-state index in [4.69, 9.17) is 4.74 Å². The van der Waals surface area contributed by atoms with E-state index in [1.807, 2.05) is 18.2 Å². The molecule has 1 unspecified atom stereocenters. The Kier molecular flexibility index (Phi) is 3.14. The summed E-state index contributed by atoms with van der Waals surface area (Å²) in [4.78, 5) is 0. The van der Waals surface area contributed by atoms with Crippen molar-refractivity contribution in [3.05, 3.63) is 58.1 Å². The van der Waals surface area contributed by atoms with Gasteiger partial charge in [-0.2, -0.15) is 0 Å². The number of fused-ring (bicyclic) bond motifs is 1. The summed E-state index contributed by atoms with van der Waals surface area (Å²) in [6.45, 7) is 0.393. The molecule has 1 aliphatic heterocycles. The standard InChI is InChI=1S/C14H10BrF2NO/c15-9-4-2-6-11-14(9)19-12(7-18-11)8-3-1-5-10(16)13(8)17/h1-6,12,18H,7H2. The second-order valence-electron chi connectivity index (χ2n) is 4.25. The molecule has 1 aliphatic rings. The molecule has 0 radical (unpaired) electrons. The van der Waals surface area contributed by atoms with E-state index in [-0.39, 0.29) is 5.56 Å². The van der Waals surface area contributed by atoms with Gasteiger partial charge >= 0.3 is 0 Å². The first-order valence-corrected chi connectivity index (χ1v) is 6.59. The Morgan fingerprint density at radius 3 is 2.79 bits per heavy atom. The smallest absolute Gasteiger partial charge is 0.165 e. The van der Waals surface area contributed by atoms with Crippen molar-refractivity contribution in [3.8, 4) is 5.75 Å². The SMILES string of the molecule is Fc1cccc(C2CNc3cccc(Br)c3O2)c1F. The Morgan fingerprint density at radius 2 is 1.95 bits per heavy atom. The minimum absolute atomic E-state index is 0.217. The van der Waals surface area contributed by atoms with Gasteiger partial charge in [0.2, 0.25) is 0 Å². The maximum Gasteiger partial charge on any atom is 0.165 e. The molecule has 0 aromatic heterocycles. The maximum absolute atomic E-state index is 13.8. The van der Waals surface area contributed by atoms with Crippen LogP contribution in [0.3, 0.4) is 0 Å². The molecule has 2 nitrogen and oxygen atoms in total. The number of anilines is 1. The van der Waals surface area contributed by atoms with Crippen molar-refractivity contribution in [3.63, 3.8) is 0 Å². The van der Waals surface area contributed by atoms with Crippen molar-refractivity contribution in [1.82, 2.24) is 0 Å². The summed E-state index contributed by atoms with van der Waals surface area (Å²) in [5.74, 6) is -1.11. The molecule has 0 saturated carbocycles. The fourth-order valence-electron chi connectivity index (χ4n) is 2.10. The quantitative estimate of drug-likeness (QED) is 0.845. The Bertz CT molecular complexity index is 633. The number of hydrogen-bond donors (Lipinski definition) is 1. The largest absolute Gasteiger partial charge is 0.480 e. The van der Waals surface area contributed by atoms with Gasteiger partial charge < -0.3 is 10.1 Å². The Morgan fingerprint density at radius 1 is 1.16 bits per heavy atom. The summed E-state index contributed by atoms with van der Waals surface area (Å²) < 4.78 is 33.6. The van der Waals surface area contributed by atoms with Gasteiger partial charge in [-0.15, -0.1) is 0 Å². The van der Waals surface area contributed by atoms with Gasteiger partial charge in [-0.1, -0.05) is 18.2 Å². The number of nitrogens with one attached hydrogen (secondary N) is 1. The predicted octanol–water partition coefficient (Wildman–Crippen LogP) is 4.27. The van der Waals surface area contributed by atoms with E-state index >= 15 is 0 Å². The Balaban J connectivity index is 1.98. The summed E-state index contributed by atoms with van der Waals surface area (Å²) in [5, 5.41) is 3.15. The van der Waals surface area contributed by atoms with E-state index in [2.05, 4.69) is 21.2 Å². The number of hydrogen-bond acceptors (Lipinski definition) is 2. The number of ether oxygens (including phenoxy) is 1. The molecule has 0 bridgehead atoms. The van der Waals surface area contributed by atoms with Crippen molar-refractivity contribution in [1.29, 1.82) is 0 Å². The van der Waals surface area contributed by atoms with Crippen molar-refractivity contribution in [2.45, 2.75) is 6.10 Å². The molecular weight excluding hydrogens is 316 g/mol.